The first-order valence-corrected chi connectivity index (χ1v) is 9.96. The summed E-state index contributed by atoms with van der Waals surface area (Å²) in [5, 5.41) is 2.95. The monoisotopic (exact) mass is 394 g/mol. The van der Waals surface area contributed by atoms with Crippen molar-refractivity contribution in [3.05, 3.63) is 53.8 Å². The van der Waals surface area contributed by atoms with Gasteiger partial charge in [0.15, 0.2) is 5.15 Å². The van der Waals surface area contributed by atoms with Gasteiger partial charge in [0.2, 0.25) is 15.9 Å². The summed E-state index contributed by atoms with van der Waals surface area (Å²) in [7, 11) is -3.49. The molecule has 1 aromatic heterocycles. The molecule has 0 atom stereocenters. The van der Waals surface area contributed by atoms with Crippen LogP contribution in [0.15, 0.2) is 53.6 Å². The van der Waals surface area contributed by atoms with Crippen molar-refractivity contribution in [1.29, 1.82) is 0 Å². The number of pyridine rings is 1. The van der Waals surface area contributed by atoms with Crippen LogP contribution in [0.4, 0.5) is 5.69 Å². The topological polar surface area (TPSA) is 82.6 Å². The average Bonchev–Trinajstić information content (AvgIpc) is 2.65. The van der Waals surface area contributed by atoms with E-state index in [0.717, 1.165) is 0 Å². The Hall–Kier alpha value is -2.00. The Morgan fingerprint density at radius 1 is 1.08 bits per heavy atom. The van der Waals surface area contributed by atoms with Crippen LogP contribution in [-0.2, 0) is 14.8 Å². The molecule has 2 heterocycles. The van der Waals surface area contributed by atoms with E-state index in [9.17, 15) is 13.2 Å². The summed E-state index contributed by atoms with van der Waals surface area (Å²) in [6, 6.07) is 11.7. The van der Waals surface area contributed by atoms with E-state index < -0.39 is 10.0 Å². The number of rotatable bonds is 5. The minimum atomic E-state index is -3.49. The highest BCUT2D eigenvalue weighted by molar-refractivity contribution is 7.89. The Morgan fingerprint density at radius 2 is 1.77 bits per heavy atom. The zero-order chi connectivity index (χ0) is 18.6. The van der Waals surface area contributed by atoms with Gasteiger partial charge in [-0.25, -0.2) is 13.4 Å². The fourth-order valence-electron chi connectivity index (χ4n) is 2.74. The van der Waals surface area contributed by atoms with E-state index in [0.29, 0.717) is 31.9 Å². The molecule has 138 valence electrons. The molecule has 1 amide bonds. The van der Waals surface area contributed by atoms with Crippen LogP contribution in [0.3, 0.4) is 0 Å². The minimum absolute atomic E-state index is 0.171. The number of hydrogen-bond acceptors (Lipinski definition) is 5. The molecule has 1 aromatic carbocycles. The molecule has 7 nitrogen and oxygen atoms in total. The lowest BCUT2D eigenvalue weighted by molar-refractivity contribution is -0.117. The fourth-order valence-corrected chi connectivity index (χ4v) is 4.35. The Kier molecular flexibility index (Phi) is 5.87. The van der Waals surface area contributed by atoms with Crippen molar-refractivity contribution in [2.24, 2.45) is 0 Å². The lowest BCUT2D eigenvalue weighted by atomic mass is 10.3. The second kappa shape index (κ2) is 8.13. The van der Waals surface area contributed by atoms with E-state index in [1.807, 2.05) is 4.90 Å². The number of carbonyl (C=O) groups excluding carboxylic acids is 1. The second-order valence-electron chi connectivity index (χ2n) is 5.88. The molecule has 26 heavy (non-hydrogen) atoms. The SMILES string of the molecule is O=C(CN1CCN(S(=O)(=O)c2ccccc2)CC1)Nc1cccnc1Cl. The maximum Gasteiger partial charge on any atom is 0.243 e. The van der Waals surface area contributed by atoms with Crippen molar-refractivity contribution in [2.75, 3.05) is 38.0 Å². The van der Waals surface area contributed by atoms with Gasteiger partial charge in [0.1, 0.15) is 0 Å². The molecule has 2 aromatic rings. The third kappa shape index (κ3) is 4.39. The van der Waals surface area contributed by atoms with Crippen LogP contribution in [0.5, 0.6) is 0 Å². The fraction of sp³-hybridized carbons (Fsp3) is 0.294. The van der Waals surface area contributed by atoms with E-state index in [1.165, 1.54) is 4.31 Å². The molecule has 0 aliphatic carbocycles. The summed E-state index contributed by atoms with van der Waals surface area (Å²) in [5.74, 6) is -0.209. The molecule has 9 heteroatoms. The number of amides is 1. The molecule has 0 spiro atoms. The van der Waals surface area contributed by atoms with Gasteiger partial charge in [-0.1, -0.05) is 29.8 Å². The standard InChI is InChI=1S/C17H19ClN4O3S/c18-17-15(7-4-8-19-17)20-16(23)13-21-9-11-22(12-10-21)26(24,25)14-5-2-1-3-6-14/h1-8H,9-13H2,(H,20,23). The maximum atomic E-state index is 12.6. The van der Waals surface area contributed by atoms with Crippen LogP contribution < -0.4 is 5.32 Å². The molecule has 1 fully saturated rings. The Bertz CT molecular complexity index is 869. The van der Waals surface area contributed by atoms with Crippen LogP contribution in [0.1, 0.15) is 0 Å². The molecular weight excluding hydrogens is 376 g/mol. The first-order chi connectivity index (χ1) is 12.5. The smallest absolute Gasteiger partial charge is 0.243 e. The number of benzene rings is 1. The van der Waals surface area contributed by atoms with Crippen LogP contribution in [-0.4, -0.2) is 61.2 Å². The Balaban J connectivity index is 1.54. The number of carbonyl (C=O) groups is 1. The molecule has 3 rings (SSSR count). The number of sulfonamides is 1. The summed E-state index contributed by atoms with van der Waals surface area (Å²) >= 11 is 5.93. The van der Waals surface area contributed by atoms with Crippen molar-refractivity contribution in [1.82, 2.24) is 14.2 Å². The minimum Gasteiger partial charge on any atom is -0.322 e. The normalized spacial score (nSPS) is 16.3. The number of nitrogens with one attached hydrogen (secondary N) is 1. The predicted molar refractivity (Wildman–Crippen MR) is 99.5 cm³/mol. The van der Waals surface area contributed by atoms with Crippen LogP contribution in [0, 0.1) is 0 Å². The quantitative estimate of drug-likeness (QED) is 0.780. The summed E-state index contributed by atoms with van der Waals surface area (Å²) in [6.45, 7) is 1.83. The second-order valence-corrected chi connectivity index (χ2v) is 8.18. The van der Waals surface area contributed by atoms with E-state index in [2.05, 4.69) is 10.3 Å². The number of hydrogen-bond donors (Lipinski definition) is 1. The van der Waals surface area contributed by atoms with Crippen molar-refractivity contribution in [3.8, 4) is 0 Å². The van der Waals surface area contributed by atoms with Crippen LogP contribution >= 0.6 is 11.6 Å². The highest BCUT2D eigenvalue weighted by Gasteiger charge is 2.28. The van der Waals surface area contributed by atoms with Crippen molar-refractivity contribution < 1.29 is 13.2 Å². The maximum absolute atomic E-state index is 12.6. The van der Waals surface area contributed by atoms with Gasteiger partial charge in [0.05, 0.1) is 17.1 Å². The molecule has 1 N–H and O–H groups in total. The van der Waals surface area contributed by atoms with Gasteiger partial charge in [-0.15, -0.1) is 0 Å². The molecule has 1 saturated heterocycles. The highest BCUT2D eigenvalue weighted by atomic mass is 35.5. The van der Waals surface area contributed by atoms with E-state index in [1.54, 1.807) is 48.7 Å². The van der Waals surface area contributed by atoms with Gasteiger partial charge in [-0.2, -0.15) is 4.31 Å². The summed E-state index contributed by atoms with van der Waals surface area (Å²) in [6.07, 6.45) is 1.55. The largest absolute Gasteiger partial charge is 0.322 e. The van der Waals surface area contributed by atoms with Gasteiger partial charge in [0, 0.05) is 32.4 Å². The third-order valence-corrected chi connectivity index (χ3v) is 6.33. The zero-order valence-corrected chi connectivity index (χ0v) is 15.6. The number of halogens is 1. The van der Waals surface area contributed by atoms with Gasteiger partial charge >= 0.3 is 0 Å². The lowest BCUT2D eigenvalue weighted by Gasteiger charge is -2.33. The lowest BCUT2D eigenvalue weighted by Crippen LogP contribution is -2.50. The van der Waals surface area contributed by atoms with Crippen LogP contribution in [0.2, 0.25) is 5.15 Å². The van der Waals surface area contributed by atoms with Gasteiger partial charge in [0.25, 0.3) is 0 Å². The van der Waals surface area contributed by atoms with Gasteiger partial charge < -0.3 is 5.32 Å². The molecule has 0 unspecified atom stereocenters. The number of anilines is 1. The van der Waals surface area contributed by atoms with Crippen molar-refractivity contribution in [2.45, 2.75) is 4.90 Å². The van der Waals surface area contributed by atoms with Gasteiger partial charge in [-0.05, 0) is 24.3 Å². The van der Waals surface area contributed by atoms with E-state index in [4.69, 9.17) is 11.6 Å². The molecule has 0 radical (unpaired) electrons. The molecule has 1 aliphatic rings. The molecule has 0 bridgehead atoms. The number of aromatic nitrogens is 1. The number of nitrogens with zero attached hydrogens (tertiary/aromatic N) is 3. The first-order valence-electron chi connectivity index (χ1n) is 8.15. The number of piperazine rings is 1. The first kappa shape index (κ1) is 18.8. The summed E-state index contributed by atoms with van der Waals surface area (Å²) in [4.78, 5) is 18.3. The molecule has 0 saturated carbocycles. The van der Waals surface area contributed by atoms with Crippen molar-refractivity contribution >= 4 is 33.2 Å². The molecular formula is C17H19ClN4O3S. The van der Waals surface area contributed by atoms with Gasteiger partial charge in [-0.3, -0.25) is 9.69 Å². The average molecular weight is 395 g/mol. The van der Waals surface area contributed by atoms with Crippen molar-refractivity contribution in [3.63, 3.8) is 0 Å². The Morgan fingerprint density at radius 3 is 2.42 bits per heavy atom. The summed E-state index contributed by atoms with van der Waals surface area (Å²) in [5.41, 5.74) is 0.462. The Labute approximate surface area is 157 Å². The van der Waals surface area contributed by atoms with Crippen LogP contribution in [0.25, 0.3) is 0 Å². The molecule has 1 aliphatic heterocycles. The predicted octanol–water partition coefficient (Wildman–Crippen LogP) is 1.68. The highest BCUT2D eigenvalue weighted by Crippen LogP contribution is 2.19. The zero-order valence-electron chi connectivity index (χ0n) is 14.0. The van der Waals surface area contributed by atoms with E-state index >= 15 is 0 Å². The van der Waals surface area contributed by atoms with E-state index in [-0.39, 0.29) is 22.5 Å². The summed E-state index contributed by atoms with van der Waals surface area (Å²) < 4.78 is 26.7. The third-order valence-electron chi connectivity index (χ3n) is 4.11.